The van der Waals surface area contributed by atoms with Crippen LogP contribution in [0.4, 0.5) is 0 Å². The highest BCUT2D eigenvalue weighted by Crippen LogP contribution is 2.29. The number of rotatable bonds is 2. The van der Waals surface area contributed by atoms with E-state index in [0.717, 1.165) is 11.1 Å². The minimum Gasteiger partial charge on any atom is -0.508 e. The van der Waals surface area contributed by atoms with Crippen molar-refractivity contribution < 1.29 is 5.11 Å². The van der Waals surface area contributed by atoms with Crippen molar-refractivity contribution in [2.75, 3.05) is 0 Å². The van der Waals surface area contributed by atoms with Crippen molar-refractivity contribution in [2.45, 2.75) is 41.5 Å². The van der Waals surface area contributed by atoms with Crippen molar-refractivity contribution in [1.82, 2.24) is 0 Å². The molecule has 0 heterocycles. The van der Waals surface area contributed by atoms with E-state index >= 15 is 0 Å². The quantitative estimate of drug-likeness (QED) is 0.504. The lowest BCUT2D eigenvalue weighted by atomic mass is 9.84. The predicted molar refractivity (Wildman–Crippen MR) is 65.5 cm³/mol. The van der Waals surface area contributed by atoms with Crippen LogP contribution in [-0.2, 0) is 0 Å². The molecule has 0 saturated carbocycles. The van der Waals surface area contributed by atoms with Crippen molar-refractivity contribution in [3.63, 3.8) is 0 Å². The summed E-state index contributed by atoms with van der Waals surface area (Å²) in [7, 11) is 0. The van der Waals surface area contributed by atoms with Crippen LogP contribution in [0.5, 0.6) is 0 Å². The normalized spacial score (nSPS) is 11.4. The van der Waals surface area contributed by atoms with Crippen LogP contribution in [0.2, 0.25) is 0 Å². The molecule has 0 aliphatic carbocycles. The van der Waals surface area contributed by atoms with Gasteiger partial charge in [0.1, 0.15) is 5.76 Å². The Hall–Kier alpha value is -0.980. The van der Waals surface area contributed by atoms with E-state index in [1.807, 2.05) is 47.6 Å². The molecule has 1 heteroatoms. The molecule has 1 nitrogen and oxygen atoms in total. The zero-order valence-electron chi connectivity index (χ0n) is 10.4. The van der Waals surface area contributed by atoms with E-state index in [1.54, 1.807) is 0 Å². The van der Waals surface area contributed by atoms with Gasteiger partial charge in [-0.3, -0.25) is 0 Å². The van der Waals surface area contributed by atoms with Crippen molar-refractivity contribution in [1.29, 1.82) is 0 Å². The Kier molecular flexibility index (Phi) is 7.16. The fraction of sp³-hybridized carbons (Fsp3) is 0.538. The average molecular weight is 196 g/mol. The van der Waals surface area contributed by atoms with Crippen LogP contribution in [0.3, 0.4) is 0 Å². The lowest BCUT2D eigenvalue weighted by molar-refractivity contribution is 0.381. The fourth-order valence-electron chi connectivity index (χ4n) is 0.979. The minimum atomic E-state index is -0.0786. The summed E-state index contributed by atoms with van der Waals surface area (Å²) in [6, 6.07) is 0. The highest BCUT2D eigenvalue weighted by molar-refractivity contribution is 5.33. The van der Waals surface area contributed by atoms with Crippen LogP contribution in [0.1, 0.15) is 41.5 Å². The van der Waals surface area contributed by atoms with Gasteiger partial charge < -0.3 is 5.11 Å². The van der Waals surface area contributed by atoms with Gasteiger partial charge in [-0.25, -0.2) is 0 Å². The van der Waals surface area contributed by atoms with Crippen LogP contribution >= 0.6 is 0 Å². The van der Waals surface area contributed by atoms with Crippen LogP contribution in [-0.4, -0.2) is 5.11 Å². The highest BCUT2D eigenvalue weighted by Gasteiger charge is 2.18. The molecule has 14 heavy (non-hydrogen) atoms. The van der Waals surface area contributed by atoms with Crippen molar-refractivity contribution >= 4 is 0 Å². The van der Waals surface area contributed by atoms with E-state index in [2.05, 4.69) is 13.2 Å². The second-order valence-corrected chi connectivity index (χ2v) is 4.10. The smallest absolute Gasteiger partial charge is 0.112 e. The molecule has 0 atom stereocenters. The second-order valence-electron chi connectivity index (χ2n) is 4.10. The molecule has 0 aromatic heterocycles. The SMILES string of the molecule is C=C(C)/C=C(\C(=C)O)C(C)(C)C.CC. The molecule has 0 aromatic rings. The van der Waals surface area contributed by atoms with Gasteiger partial charge in [0.2, 0.25) is 0 Å². The van der Waals surface area contributed by atoms with Gasteiger partial charge in [0.25, 0.3) is 0 Å². The van der Waals surface area contributed by atoms with Crippen molar-refractivity contribution in [2.24, 2.45) is 5.41 Å². The molecule has 1 N–H and O–H groups in total. The summed E-state index contributed by atoms with van der Waals surface area (Å²) in [4.78, 5) is 0. The molecule has 0 aliphatic heterocycles. The first-order chi connectivity index (χ1) is 6.25. The number of aliphatic hydroxyl groups excluding tert-OH is 1. The summed E-state index contributed by atoms with van der Waals surface area (Å²) in [6.45, 7) is 19.3. The predicted octanol–water partition coefficient (Wildman–Crippen LogP) is 4.63. The Balaban J connectivity index is 0. The Morgan fingerprint density at radius 3 is 1.57 bits per heavy atom. The van der Waals surface area contributed by atoms with Crippen LogP contribution in [0.25, 0.3) is 0 Å². The zero-order valence-corrected chi connectivity index (χ0v) is 10.4. The molecule has 0 spiro atoms. The summed E-state index contributed by atoms with van der Waals surface area (Å²) in [6.07, 6.45) is 1.86. The van der Waals surface area contributed by atoms with E-state index in [1.165, 1.54) is 0 Å². The zero-order chi connectivity index (χ0) is 11.9. The van der Waals surface area contributed by atoms with Crippen LogP contribution in [0, 0.1) is 5.41 Å². The number of aliphatic hydroxyl groups is 1. The summed E-state index contributed by atoms with van der Waals surface area (Å²) in [5.74, 6) is 0.130. The van der Waals surface area contributed by atoms with Crippen molar-refractivity contribution in [3.05, 3.63) is 36.1 Å². The molecule has 0 rings (SSSR count). The van der Waals surface area contributed by atoms with E-state index in [0.29, 0.717) is 0 Å². The Morgan fingerprint density at radius 2 is 1.50 bits per heavy atom. The standard InChI is InChI=1S/C11H18O.C2H6/c1-8(2)7-10(9(3)12)11(4,5)6;1-2/h7,12H,1,3H2,2,4-6H3;1-2H3/b10-7+;. The molecule has 0 radical (unpaired) electrons. The average Bonchev–Trinajstić information content (AvgIpc) is 2.01. The van der Waals surface area contributed by atoms with Crippen molar-refractivity contribution in [3.8, 4) is 0 Å². The molecule has 0 saturated heterocycles. The lowest BCUT2D eigenvalue weighted by Gasteiger charge is -2.22. The minimum absolute atomic E-state index is 0.0786. The van der Waals surface area contributed by atoms with Gasteiger partial charge >= 0.3 is 0 Å². The van der Waals surface area contributed by atoms with Gasteiger partial charge in [0.05, 0.1) is 0 Å². The lowest BCUT2D eigenvalue weighted by Crippen LogP contribution is -2.11. The summed E-state index contributed by atoms with van der Waals surface area (Å²) in [5.41, 5.74) is 1.69. The topological polar surface area (TPSA) is 20.2 Å². The molecule has 0 amide bonds. The van der Waals surface area contributed by atoms with Gasteiger partial charge in [-0.15, -0.1) is 0 Å². The molecule has 0 unspecified atom stereocenters. The number of allylic oxidation sites excluding steroid dienone is 3. The Labute approximate surface area is 88.8 Å². The third-order valence-electron chi connectivity index (χ3n) is 1.51. The van der Waals surface area contributed by atoms with Gasteiger partial charge in [0.15, 0.2) is 0 Å². The fourth-order valence-corrected chi connectivity index (χ4v) is 0.979. The maximum atomic E-state index is 9.29. The van der Waals surface area contributed by atoms with Crippen LogP contribution < -0.4 is 0 Å². The Bertz CT molecular complexity index is 226. The van der Waals surface area contributed by atoms with Crippen LogP contribution in [0.15, 0.2) is 36.1 Å². The molecule has 0 aliphatic rings. The third-order valence-corrected chi connectivity index (χ3v) is 1.51. The van der Waals surface area contributed by atoms with E-state index in [9.17, 15) is 5.11 Å². The maximum Gasteiger partial charge on any atom is 0.112 e. The number of hydrogen-bond acceptors (Lipinski definition) is 1. The summed E-state index contributed by atoms with van der Waals surface area (Å²) < 4.78 is 0. The monoisotopic (exact) mass is 196 g/mol. The molecular weight excluding hydrogens is 172 g/mol. The molecular formula is C13H24O. The van der Waals surface area contributed by atoms with E-state index in [-0.39, 0.29) is 11.2 Å². The highest BCUT2D eigenvalue weighted by atomic mass is 16.3. The number of hydrogen-bond donors (Lipinski definition) is 1. The molecule has 82 valence electrons. The largest absolute Gasteiger partial charge is 0.508 e. The first-order valence-corrected chi connectivity index (χ1v) is 5.01. The van der Waals surface area contributed by atoms with E-state index < -0.39 is 0 Å². The summed E-state index contributed by atoms with van der Waals surface area (Å²) in [5, 5.41) is 9.29. The van der Waals surface area contributed by atoms with E-state index in [4.69, 9.17) is 0 Å². The molecule has 0 bridgehead atoms. The van der Waals surface area contributed by atoms with Gasteiger partial charge in [-0.2, -0.15) is 0 Å². The summed E-state index contributed by atoms with van der Waals surface area (Å²) >= 11 is 0. The molecule has 0 aromatic carbocycles. The first kappa shape index (κ1) is 15.5. The second kappa shape index (κ2) is 6.47. The van der Waals surface area contributed by atoms with Gasteiger partial charge in [-0.1, -0.05) is 59.4 Å². The third kappa shape index (κ3) is 6.53. The Morgan fingerprint density at radius 1 is 1.14 bits per heavy atom. The van der Waals surface area contributed by atoms with Gasteiger partial charge in [0, 0.05) is 0 Å². The first-order valence-electron chi connectivity index (χ1n) is 5.01. The maximum absolute atomic E-state index is 9.29. The van der Waals surface area contributed by atoms with Gasteiger partial charge in [-0.05, 0) is 17.9 Å². The molecule has 0 fully saturated rings.